The van der Waals surface area contributed by atoms with Gasteiger partial charge in [0.2, 0.25) is 0 Å². The Morgan fingerprint density at radius 2 is 1.19 bits per heavy atom. The molecular formula is C19H35NS. The maximum absolute atomic E-state index is 4.54. The lowest BCUT2D eigenvalue weighted by molar-refractivity contribution is 0.584. The van der Waals surface area contributed by atoms with E-state index in [0.717, 1.165) is 6.54 Å². The zero-order valence-corrected chi connectivity index (χ0v) is 14.9. The molecule has 0 aromatic heterocycles. The summed E-state index contributed by atoms with van der Waals surface area (Å²) in [4.78, 5) is 3.93. The van der Waals surface area contributed by atoms with E-state index >= 15 is 0 Å². The molecule has 0 bridgehead atoms. The summed E-state index contributed by atoms with van der Waals surface area (Å²) in [6.07, 6.45) is 23.6. The minimum absolute atomic E-state index is 0.868. The van der Waals surface area contributed by atoms with Crippen molar-refractivity contribution in [3.8, 4) is 0 Å². The minimum atomic E-state index is 0.868. The third-order valence-electron chi connectivity index (χ3n) is 3.85. The number of rotatable bonds is 16. The first-order valence-corrected chi connectivity index (χ1v) is 9.51. The monoisotopic (exact) mass is 309 g/mol. The van der Waals surface area contributed by atoms with Gasteiger partial charge in [0.05, 0.1) is 5.16 Å². The summed E-state index contributed by atoms with van der Waals surface area (Å²) in [5.41, 5.74) is 0. The maximum Gasteiger partial charge on any atom is 0.0584 e. The molecule has 0 rings (SSSR count). The summed E-state index contributed by atoms with van der Waals surface area (Å²) in [7, 11) is 0. The summed E-state index contributed by atoms with van der Waals surface area (Å²) < 4.78 is 0. The SMILES string of the molecule is CCCCCCCC=CCCCCCCCCCN=C=S. The molecule has 0 saturated heterocycles. The van der Waals surface area contributed by atoms with Crippen LogP contribution in [0.25, 0.3) is 0 Å². The molecule has 0 aliphatic rings. The lowest BCUT2D eigenvalue weighted by atomic mass is 10.1. The summed E-state index contributed by atoms with van der Waals surface area (Å²) in [5, 5.41) is 2.42. The standard InChI is InChI=1S/C19H35NS/c1-2-3-4-5-6-7-8-9-10-11-12-13-14-15-16-17-18-20-19-21/h8-9H,2-7,10-18H2,1H3. The number of hydrogen-bond acceptors (Lipinski definition) is 2. The van der Waals surface area contributed by atoms with Crippen LogP contribution in [0.5, 0.6) is 0 Å². The van der Waals surface area contributed by atoms with Crippen LogP contribution >= 0.6 is 12.2 Å². The predicted octanol–water partition coefficient (Wildman–Crippen LogP) is 7.13. The van der Waals surface area contributed by atoms with Crippen LogP contribution in [0.2, 0.25) is 0 Å². The van der Waals surface area contributed by atoms with Crippen LogP contribution in [-0.4, -0.2) is 11.7 Å². The van der Waals surface area contributed by atoms with E-state index in [1.165, 1.54) is 89.9 Å². The molecule has 2 heteroatoms. The van der Waals surface area contributed by atoms with Crippen molar-refractivity contribution in [2.24, 2.45) is 4.99 Å². The third-order valence-corrected chi connectivity index (χ3v) is 3.98. The van der Waals surface area contributed by atoms with E-state index in [1.54, 1.807) is 0 Å². The van der Waals surface area contributed by atoms with Crippen molar-refractivity contribution >= 4 is 17.4 Å². The zero-order chi connectivity index (χ0) is 15.4. The van der Waals surface area contributed by atoms with Crippen molar-refractivity contribution in [3.05, 3.63) is 12.2 Å². The summed E-state index contributed by atoms with van der Waals surface area (Å²) >= 11 is 4.54. The van der Waals surface area contributed by atoms with Crippen molar-refractivity contribution in [1.82, 2.24) is 0 Å². The van der Waals surface area contributed by atoms with E-state index in [9.17, 15) is 0 Å². The second-order valence-electron chi connectivity index (χ2n) is 5.91. The predicted molar refractivity (Wildman–Crippen MR) is 99.3 cm³/mol. The molecule has 122 valence electrons. The molecule has 0 radical (unpaired) electrons. The molecule has 1 nitrogen and oxygen atoms in total. The van der Waals surface area contributed by atoms with Crippen LogP contribution in [0.4, 0.5) is 0 Å². The second kappa shape index (κ2) is 19.5. The Morgan fingerprint density at radius 3 is 1.71 bits per heavy atom. The highest BCUT2D eigenvalue weighted by Gasteiger charge is 1.91. The normalized spacial score (nSPS) is 10.9. The molecule has 21 heavy (non-hydrogen) atoms. The largest absolute Gasteiger partial charge is 0.233 e. The Kier molecular flexibility index (Phi) is 19.1. The fraction of sp³-hybridized carbons (Fsp3) is 0.842. The van der Waals surface area contributed by atoms with Gasteiger partial charge in [-0.2, -0.15) is 0 Å². The Bertz CT molecular complexity index is 267. The van der Waals surface area contributed by atoms with Gasteiger partial charge >= 0.3 is 0 Å². The van der Waals surface area contributed by atoms with Gasteiger partial charge in [-0.3, -0.25) is 0 Å². The minimum Gasteiger partial charge on any atom is -0.233 e. The van der Waals surface area contributed by atoms with E-state index in [1.807, 2.05) is 0 Å². The molecule has 0 aliphatic heterocycles. The molecule has 0 saturated carbocycles. The number of isothiocyanates is 1. The highest BCUT2D eigenvalue weighted by atomic mass is 32.1. The second-order valence-corrected chi connectivity index (χ2v) is 6.09. The van der Waals surface area contributed by atoms with Crippen LogP contribution in [0.1, 0.15) is 96.8 Å². The van der Waals surface area contributed by atoms with E-state index in [0.29, 0.717) is 0 Å². The van der Waals surface area contributed by atoms with Crippen LogP contribution in [0.15, 0.2) is 17.1 Å². The van der Waals surface area contributed by atoms with Gasteiger partial charge in [-0.05, 0) is 44.3 Å². The van der Waals surface area contributed by atoms with E-state index in [4.69, 9.17) is 0 Å². The molecule has 0 heterocycles. The Labute approximate surface area is 138 Å². The molecule has 0 aromatic carbocycles. The number of hydrogen-bond donors (Lipinski definition) is 0. The average molecular weight is 310 g/mol. The zero-order valence-electron chi connectivity index (χ0n) is 14.1. The summed E-state index contributed by atoms with van der Waals surface area (Å²) in [5.74, 6) is 0. The van der Waals surface area contributed by atoms with Crippen molar-refractivity contribution in [1.29, 1.82) is 0 Å². The van der Waals surface area contributed by atoms with Gasteiger partial charge < -0.3 is 0 Å². The third kappa shape index (κ3) is 19.5. The van der Waals surface area contributed by atoms with E-state index < -0.39 is 0 Å². The smallest absolute Gasteiger partial charge is 0.0584 e. The van der Waals surface area contributed by atoms with Gasteiger partial charge in [0, 0.05) is 6.54 Å². The van der Waals surface area contributed by atoms with Crippen molar-refractivity contribution < 1.29 is 0 Å². The van der Waals surface area contributed by atoms with Crippen LogP contribution in [-0.2, 0) is 0 Å². The molecule has 0 spiro atoms. The fourth-order valence-electron chi connectivity index (χ4n) is 2.48. The summed E-state index contributed by atoms with van der Waals surface area (Å²) in [6, 6.07) is 0. The first-order valence-electron chi connectivity index (χ1n) is 9.10. The Balaban J connectivity index is 3.06. The summed E-state index contributed by atoms with van der Waals surface area (Å²) in [6.45, 7) is 3.14. The van der Waals surface area contributed by atoms with E-state index in [-0.39, 0.29) is 0 Å². The molecule has 0 aromatic rings. The molecule has 0 amide bonds. The number of aliphatic imine (C=N–C) groups is 1. The molecule has 0 atom stereocenters. The first-order chi connectivity index (χ1) is 10.4. The molecule has 0 fully saturated rings. The topological polar surface area (TPSA) is 12.4 Å². The van der Waals surface area contributed by atoms with Gasteiger partial charge in [0.15, 0.2) is 0 Å². The van der Waals surface area contributed by atoms with Crippen molar-refractivity contribution in [3.63, 3.8) is 0 Å². The fourth-order valence-corrected chi connectivity index (χ4v) is 2.58. The van der Waals surface area contributed by atoms with Gasteiger partial charge in [0.1, 0.15) is 0 Å². The lowest BCUT2D eigenvalue weighted by Crippen LogP contribution is -1.83. The molecule has 0 N–H and O–H groups in total. The van der Waals surface area contributed by atoms with Gasteiger partial charge in [-0.1, -0.05) is 76.9 Å². The van der Waals surface area contributed by atoms with Crippen LogP contribution in [0, 0.1) is 0 Å². The molecular weight excluding hydrogens is 274 g/mol. The van der Waals surface area contributed by atoms with Crippen LogP contribution in [0.3, 0.4) is 0 Å². The lowest BCUT2D eigenvalue weighted by Gasteiger charge is -2.00. The van der Waals surface area contributed by atoms with Crippen molar-refractivity contribution in [2.45, 2.75) is 96.8 Å². The Morgan fingerprint density at radius 1 is 0.714 bits per heavy atom. The van der Waals surface area contributed by atoms with Crippen LogP contribution < -0.4 is 0 Å². The number of thiocarbonyl (C=S) groups is 1. The highest BCUT2D eigenvalue weighted by molar-refractivity contribution is 7.78. The highest BCUT2D eigenvalue weighted by Crippen LogP contribution is 2.10. The van der Waals surface area contributed by atoms with Gasteiger partial charge in [0.25, 0.3) is 0 Å². The number of unbranched alkanes of at least 4 members (excludes halogenated alkanes) is 12. The van der Waals surface area contributed by atoms with Crippen molar-refractivity contribution in [2.75, 3.05) is 6.54 Å². The first kappa shape index (κ1) is 20.5. The average Bonchev–Trinajstić information content (AvgIpc) is 2.50. The number of nitrogens with zero attached hydrogens (tertiary/aromatic N) is 1. The molecule has 0 aliphatic carbocycles. The molecule has 0 unspecified atom stereocenters. The van der Waals surface area contributed by atoms with Gasteiger partial charge in [-0.15, -0.1) is 0 Å². The van der Waals surface area contributed by atoms with Gasteiger partial charge in [-0.25, -0.2) is 4.99 Å². The Hall–Kier alpha value is -0.460. The number of allylic oxidation sites excluding steroid dienone is 2. The quantitative estimate of drug-likeness (QED) is 0.128. The maximum atomic E-state index is 4.54. The van der Waals surface area contributed by atoms with E-state index in [2.05, 4.69) is 41.4 Å².